The smallest absolute Gasteiger partial charge is 0.258 e. The molecule has 0 radical (unpaired) electrons. The van der Waals surface area contributed by atoms with Crippen molar-refractivity contribution in [3.05, 3.63) is 65.0 Å². The zero-order chi connectivity index (χ0) is 14.4. The third-order valence-corrected chi connectivity index (χ3v) is 4.10. The normalized spacial score (nSPS) is 16.3. The standard InChI is InChI=1S/C17H15N3O/c1-10-6-7-12(18)9-14(10)17-19-16(20-21-17)15-8-11-4-2-3-5-13(11)15/h2-7,9,15H,8,18H2,1H3. The van der Waals surface area contributed by atoms with Crippen molar-refractivity contribution in [3.8, 4) is 11.5 Å². The van der Waals surface area contributed by atoms with Gasteiger partial charge in [-0.15, -0.1) is 0 Å². The van der Waals surface area contributed by atoms with Crippen LogP contribution in [-0.2, 0) is 6.42 Å². The maximum Gasteiger partial charge on any atom is 0.258 e. The second-order valence-electron chi connectivity index (χ2n) is 5.49. The first-order valence-electron chi connectivity index (χ1n) is 7.00. The zero-order valence-corrected chi connectivity index (χ0v) is 11.7. The minimum atomic E-state index is 0.250. The van der Waals surface area contributed by atoms with E-state index in [1.807, 2.05) is 31.2 Å². The SMILES string of the molecule is Cc1ccc(N)cc1-c1nc(C2Cc3ccccc32)no1. The monoisotopic (exact) mass is 277 g/mol. The largest absolute Gasteiger partial charge is 0.399 e. The highest BCUT2D eigenvalue weighted by molar-refractivity contribution is 5.64. The summed E-state index contributed by atoms with van der Waals surface area (Å²) in [5, 5.41) is 4.16. The maximum atomic E-state index is 5.84. The Morgan fingerprint density at radius 1 is 1.19 bits per heavy atom. The molecule has 0 bridgehead atoms. The van der Waals surface area contributed by atoms with Crippen LogP contribution >= 0.6 is 0 Å². The summed E-state index contributed by atoms with van der Waals surface area (Å²) in [5.41, 5.74) is 11.2. The quantitative estimate of drug-likeness (QED) is 0.730. The van der Waals surface area contributed by atoms with Crippen LogP contribution in [0.5, 0.6) is 0 Å². The van der Waals surface area contributed by atoms with Crippen molar-refractivity contribution in [2.45, 2.75) is 19.3 Å². The molecule has 4 nitrogen and oxygen atoms in total. The highest BCUT2D eigenvalue weighted by Crippen LogP contribution is 2.39. The molecular formula is C17H15N3O. The zero-order valence-electron chi connectivity index (χ0n) is 11.7. The molecule has 1 unspecified atom stereocenters. The van der Waals surface area contributed by atoms with Gasteiger partial charge in [-0.05, 0) is 42.2 Å². The van der Waals surface area contributed by atoms with Gasteiger partial charge in [-0.3, -0.25) is 0 Å². The third-order valence-electron chi connectivity index (χ3n) is 4.10. The second-order valence-corrected chi connectivity index (χ2v) is 5.49. The summed E-state index contributed by atoms with van der Waals surface area (Å²) in [7, 11) is 0. The molecule has 21 heavy (non-hydrogen) atoms. The Kier molecular flexibility index (Phi) is 2.57. The summed E-state index contributed by atoms with van der Waals surface area (Å²) in [6.07, 6.45) is 0.977. The molecule has 3 aromatic rings. The number of nitrogens with zero attached hydrogens (tertiary/aromatic N) is 2. The Hall–Kier alpha value is -2.62. The lowest BCUT2D eigenvalue weighted by Crippen LogP contribution is -2.19. The van der Waals surface area contributed by atoms with Crippen LogP contribution in [0.3, 0.4) is 0 Å². The van der Waals surface area contributed by atoms with Gasteiger partial charge in [-0.25, -0.2) is 0 Å². The van der Waals surface area contributed by atoms with E-state index in [2.05, 4.69) is 28.3 Å². The summed E-state index contributed by atoms with van der Waals surface area (Å²) in [6, 6.07) is 14.1. The number of aryl methyl sites for hydroxylation is 1. The fraction of sp³-hybridized carbons (Fsp3) is 0.176. The Morgan fingerprint density at radius 3 is 2.90 bits per heavy atom. The van der Waals surface area contributed by atoms with Crippen molar-refractivity contribution >= 4 is 5.69 Å². The van der Waals surface area contributed by atoms with E-state index in [0.29, 0.717) is 11.6 Å². The predicted octanol–water partition coefficient (Wildman–Crippen LogP) is 3.32. The summed E-state index contributed by atoms with van der Waals surface area (Å²) >= 11 is 0. The summed E-state index contributed by atoms with van der Waals surface area (Å²) < 4.78 is 5.44. The number of benzene rings is 2. The summed E-state index contributed by atoms with van der Waals surface area (Å²) in [5.74, 6) is 1.55. The molecule has 0 amide bonds. The van der Waals surface area contributed by atoms with Gasteiger partial charge in [0.1, 0.15) is 0 Å². The van der Waals surface area contributed by atoms with Crippen LogP contribution < -0.4 is 5.73 Å². The Labute approximate surface area is 122 Å². The van der Waals surface area contributed by atoms with Gasteiger partial charge in [0.25, 0.3) is 5.89 Å². The molecule has 0 saturated heterocycles. The molecule has 0 saturated carbocycles. The van der Waals surface area contributed by atoms with Gasteiger partial charge in [-0.1, -0.05) is 35.5 Å². The highest BCUT2D eigenvalue weighted by atomic mass is 16.5. The van der Waals surface area contributed by atoms with Crippen molar-refractivity contribution in [2.24, 2.45) is 0 Å². The maximum absolute atomic E-state index is 5.84. The van der Waals surface area contributed by atoms with Crippen molar-refractivity contribution in [1.29, 1.82) is 0 Å². The van der Waals surface area contributed by atoms with E-state index in [4.69, 9.17) is 10.3 Å². The van der Waals surface area contributed by atoms with Gasteiger partial charge in [0.15, 0.2) is 5.82 Å². The van der Waals surface area contributed by atoms with Crippen molar-refractivity contribution < 1.29 is 4.52 Å². The molecule has 1 heterocycles. The Balaban J connectivity index is 1.70. The first kappa shape index (κ1) is 12.1. The first-order valence-corrected chi connectivity index (χ1v) is 7.00. The van der Waals surface area contributed by atoms with Gasteiger partial charge >= 0.3 is 0 Å². The molecule has 104 valence electrons. The number of hydrogen-bond acceptors (Lipinski definition) is 4. The van der Waals surface area contributed by atoms with E-state index in [-0.39, 0.29) is 5.92 Å². The fourth-order valence-electron chi connectivity index (χ4n) is 2.85. The minimum Gasteiger partial charge on any atom is -0.399 e. The van der Waals surface area contributed by atoms with Crippen LogP contribution in [0.25, 0.3) is 11.5 Å². The van der Waals surface area contributed by atoms with Crippen LogP contribution in [0.15, 0.2) is 47.0 Å². The van der Waals surface area contributed by atoms with Crippen LogP contribution in [0.4, 0.5) is 5.69 Å². The molecule has 2 aromatic carbocycles. The first-order chi connectivity index (χ1) is 10.2. The van der Waals surface area contributed by atoms with E-state index in [9.17, 15) is 0 Å². The molecular weight excluding hydrogens is 262 g/mol. The third kappa shape index (κ3) is 1.91. The molecule has 0 spiro atoms. The van der Waals surface area contributed by atoms with Crippen LogP contribution in [-0.4, -0.2) is 10.1 Å². The van der Waals surface area contributed by atoms with Gasteiger partial charge in [0, 0.05) is 11.3 Å². The number of nitrogen functional groups attached to an aromatic ring is 1. The van der Waals surface area contributed by atoms with Crippen LogP contribution in [0.1, 0.15) is 28.4 Å². The van der Waals surface area contributed by atoms with E-state index in [1.54, 1.807) is 0 Å². The van der Waals surface area contributed by atoms with Crippen LogP contribution in [0.2, 0.25) is 0 Å². The minimum absolute atomic E-state index is 0.250. The topological polar surface area (TPSA) is 64.9 Å². The number of hydrogen-bond donors (Lipinski definition) is 1. The number of nitrogens with two attached hydrogens (primary N) is 1. The number of fused-ring (bicyclic) bond motifs is 1. The molecule has 1 aromatic heterocycles. The Bertz CT molecular complexity index is 822. The lowest BCUT2D eigenvalue weighted by atomic mass is 9.77. The number of rotatable bonds is 2. The van der Waals surface area contributed by atoms with E-state index in [0.717, 1.165) is 23.4 Å². The van der Waals surface area contributed by atoms with Gasteiger partial charge in [-0.2, -0.15) is 4.98 Å². The molecule has 4 heteroatoms. The van der Waals surface area contributed by atoms with Crippen LogP contribution in [0, 0.1) is 6.92 Å². The molecule has 1 aliphatic carbocycles. The van der Waals surface area contributed by atoms with Crippen molar-refractivity contribution in [1.82, 2.24) is 10.1 Å². The molecule has 2 N–H and O–H groups in total. The lowest BCUT2D eigenvalue weighted by Gasteiger charge is -2.27. The van der Waals surface area contributed by atoms with Gasteiger partial charge in [0.2, 0.25) is 0 Å². The lowest BCUT2D eigenvalue weighted by molar-refractivity contribution is 0.416. The molecule has 1 atom stereocenters. The molecule has 4 rings (SSSR count). The summed E-state index contributed by atoms with van der Waals surface area (Å²) in [4.78, 5) is 4.57. The molecule has 0 fully saturated rings. The average molecular weight is 277 g/mol. The molecule has 0 aliphatic heterocycles. The van der Waals surface area contributed by atoms with Gasteiger partial charge in [0.05, 0.1) is 5.92 Å². The number of aromatic nitrogens is 2. The average Bonchev–Trinajstić information content (AvgIpc) is 2.92. The van der Waals surface area contributed by atoms with Crippen molar-refractivity contribution in [3.63, 3.8) is 0 Å². The van der Waals surface area contributed by atoms with E-state index >= 15 is 0 Å². The highest BCUT2D eigenvalue weighted by Gasteiger charge is 2.31. The number of anilines is 1. The van der Waals surface area contributed by atoms with E-state index in [1.165, 1.54) is 11.1 Å². The predicted molar refractivity (Wildman–Crippen MR) is 80.9 cm³/mol. The summed E-state index contributed by atoms with van der Waals surface area (Å²) in [6.45, 7) is 2.01. The fourth-order valence-corrected chi connectivity index (χ4v) is 2.85. The van der Waals surface area contributed by atoms with E-state index < -0.39 is 0 Å². The van der Waals surface area contributed by atoms with Gasteiger partial charge < -0.3 is 10.3 Å². The molecule has 1 aliphatic rings. The second kappa shape index (κ2) is 4.45. The Morgan fingerprint density at radius 2 is 2.05 bits per heavy atom. The van der Waals surface area contributed by atoms with Crippen molar-refractivity contribution in [2.75, 3.05) is 5.73 Å².